The fourth-order valence-corrected chi connectivity index (χ4v) is 2.18. The molecule has 0 aliphatic rings. The number of halogens is 1. The molecule has 0 fully saturated rings. The van der Waals surface area contributed by atoms with Gasteiger partial charge in [0.15, 0.2) is 5.13 Å². The summed E-state index contributed by atoms with van der Waals surface area (Å²) in [5.74, 6) is -0.211. The van der Waals surface area contributed by atoms with Crippen molar-refractivity contribution in [1.82, 2.24) is 14.8 Å². The number of nitrogens with zero attached hydrogens (tertiary/aromatic N) is 3. The lowest BCUT2D eigenvalue weighted by Crippen LogP contribution is -2.24. The first-order valence-electron chi connectivity index (χ1n) is 5.03. The van der Waals surface area contributed by atoms with Crippen molar-refractivity contribution in [2.75, 3.05) is 5.32 Å². The molecule has 0 saturated heterocycles. The van der Waals surface area contributed by atoms with Crippen LogP contribution in [0.3, 0.4) is 0 Å². The van der Waals surface area contributed by atoms with Crippen molar-refractivity contribution in [3.8, 4) is 0 Å². The number of hydrogen-bond donors (Lipinski definition) is 1. The largest absolute Gasteiger partial charge is 0.302 e. The zero-order chi connectivity index (χ0) is 12.3. The second kappa shape index (κ2) is 5.42. The first-order chi connectivity index (χ1) is 8.15. The summed E-state index contributed by atoms with van der Waals surface area (Å²) in [4.78, 5) is 15.8. The normalized spacial score (nSPS) is 12.4. The highest BCUT2D eigenvalue weighted by atomic mass is 79.9. The van der Waals surface area contributed by atoms with Crippen LogP contribution >= 0.6 is 27.3 Å². The highest BCUT2D eigenvalue weighted by molar-refractivity contribution is 9.10. The Hall–Kier alpha value is -1.21. The number of nitrogens with one attached hydrogen (secondary N) is 1. The summed E-state index contributed by atoms with van der Waals surface area (Å²) in [6.45, 7) is 2.40. The molecular formula is C10H11BrN4OS. The molecule has 0 aromatic carbocycles. The van der Waals surface area contributed by atoms with Gasteiger partial charge >= 0.3 is 0 Å². The Morgan fingerprint density at radius 3 is 3.12 bits per heavy atom. The minimum absolute atomic E-state index is 0.0495. The van der Waals surface area contributed by atoms with E-state index in [-0.39, 0.29) is 11.8 Å². The van der Waals surface area contributed by atoms with Crippen LogP contribution in [0.5, 0.6) is 0 Å². The quantitative estimate of drug-likeness (QED) is 0.942. The van der Waals surface area contributed by atoms with Crippen molar-refractivity contribution in [2.45, 2.75) is 13.5 Å². The highest BCUT2D eigenvalue weighted by Gasteiger charge is 2.15. The molecule has 2 aromatic rings. The Kier molecular flexibility index (Phi) is 3.90. The molecule has 1 atom stereocenters. The molecule has 0 spiro atoms. The smallest absolute Gasteiger partial charge is 0.230 e. The fourth-order valence-electron chi connectivity index (χ4n) is 1.32. The van der Waals surface area contributed by atoms with Gasteiger partial charge in [0.1, 0.15) is 0 Å². The van der Waals surface area contributed by atoms with E-state index in [1.165, 1.54) is 11.3 Å². The second-order valence-corrected chi connectivity index (χ2v) is 5.42. The number of carbonyl (C=O) groups is 1. The molecule has 2 rings (SSSR count). The Morgan fingerprint density at radius 1 is 1.71 bits per heavy atom. The number of rotatable bonds is 4. The zero-order valence-corrected chi connectivity index (χ0v) is 11.5. The van der Waals surface area contributed by atoms with Gasteiger partial charge in [0, 0.05) is 17.8 Å². The summed E-state index contributed by atoms with van der Waals surface area (Å²) < 4.78 is 2.64. The van der Waals surface area contributed by atoms with E-state index in [2.05, 4.69) is 31.3 Å². The van der Waals surface area contributed by atoms with Crippen LogP contribution in [0.25, 0.3) is 0 Å². The SMILES string of the molecule is C[C@H](Cn1cc(Br)cn1)C(=O)Nc1nccs1. The van der Waals surface area contributed by atoms with E-state index in [1.807, 2.05) is 18.5 Å². The number of carbonyl (C=O) groups excluding carboxylic acids is 1. The maximum atomic E-state index is 11.8. The summed E-state index contributed by atoms with van der Waals surface area (Å²) in [5, 5.41) is 9.33. The molecule has 2 heterocycles. The molecule has 0 aliphatic heterocycles. The summed E-state index contributed by atoms with van der Waals surface area (Å²) in [6, 6.07) is 0. The van der Waals surface area contributed by atoms with Gasteiger partial charge in [-0.15, -0.1) is 11.3 Å². The topological polar surface area (TPSA) is 59.8 Å². The molecule has 0 aliphatic carbocycles. The van der Waals surface area contributed by atoms with Crippen LogP contribution in [-0.4, -0.2) is 20.7 Å². The second-order valence-electron chi connectivity index (χ2n) is 3.61. The third-order valence-corrected chi connectivity index (χ3v) is 3.27. The number of thiazole rings is 1. The van der Waals surface area contributed by atoms with E-state index in [0.29, 0.717) is 11.7 Å². The van der Waals surface area contributed by atoms with Crippen LogP contribution in [0, 0.1) is 5.92 Å². The lowest BCUT2D eigenvalue weighted by molar-refractivity contribution is -0.119. The zero-order valence-electron chi connectivity index (χ0n) is 9.13. The van der Waals surface area contributed by atoms with Gasteiger partial charge in [0.05, 0.1) is 23.1 Å². The lowest BCUT2D eigenvalue weighted by Gasteiger charge is -2.10. The summed E-state index contributed by atoms with van der Waals surface area (Å²) in [5.41, 5.74) is 0. The first-order valence-corrected chi connectivity index (χ1v) is 6.70. The number of hydrogen-bond acceptors (Lipinski definition) is 4. The average Bonchev–Trinajstić information content (AvgIpc) is 2.90. The molecule has 0 radical (unpaired) electrons. The molecule has 7 heteroatoms. The van der Waals surface area contributed by atoms with E-state index in [9.17, 15) is 4.79 Å². The maximum absolute atomic E-state index is 11.8. The molecule has 17 heavy (non-hydrogen) atoms. The minimum Gasteiger partial charge on any atom is -0.302 e. The van der Waals surface area contributed by atoms with Crippen molar-refractivity contribution in [3.05, 3.63) is 28.4 Å². The third kappa shape index (κ3) is 3.37. The molecule has 0 saturated carbocycles. The van der Waals surface area contributed by atoms with Crippen LogP contribution in [0.1, 0.15) is 6.92 Å². The summed E-state index contributed by atoms with van der Waals surface area (Å²) >= 11 is 4.72. The molecule has 2 aromatic heterocycles. The molecular weight excluding hydrogens is 304 g/mol. The van der Waals surface area contributed by atoms with Gasteiger partial charge in [-0.1, -0.05) is 6.92 Å². The van der Waals surface area contributed by atoms with E-state index >= 15 is 0 Å². The van der Waals surface area contributed by atoms with Crippen LogP contribution in [0.2, 0.25) is 0 Å². The van der Waals surface area contributed by atoms with Crippen molar-refractivity contribution < 1.29 is 4.79 Å². The van der Waals surface area contributed by atoms with Gasteiger partial charge in [-0.25, -0.2) is 4.98 Å². The average molecular weight is 315 g/mol. The highest BCUT2D eigenvalue weighted by Crippen LogP contribution is 2.13. The Morgan fingerprint density at radius 2 is 2.53 bits per heavy atom. The van der Waals surface area contributed by atoms with Crippen LogP contribution in [0.4, 0.5) is 5.13 Å². The summed E-state index contributed by atoms with van der Waals surface area (Å²) in [6.07, 6.45) is 5.20. The van der Waals surface area contributed by atoms with Crippen molar-refractivity contribution >= 4 is 38.3 Å². The van der Waals surface area contributed by atoms with Gasteiger partial charge in [0.25, 0.3) is 0 Å². The molecule has 1 N–H and O–H groups in total. The van der Waals surface area contributed by atoms with Gasteiger partial charge in [-0.3, -0.25) is 9.48 Å². The van der Waals surface area contributed by atoms with Crippen LogP contribution in [-0.2, 0) is 11.3 Å². The Labute approximate surface area is 111 Å². The van der Waals surface area contributed by atoms with Gasteiger partial charge in [-0.2, -0.15) is 5.10 Å². The lowest BCUT2D eigenvalue weighted by atomic mass is 10.2. The summed E-state index contributed by atoms with van der Waals surface area (Å²) in [7, 11) is 0. The van der Waals surface area contributed by atoms with E-state index < -0.39 is 0 Å². The van der Waals surface area contributed by atoms with Gasteiger partial charge in [-0.05, 0) is 15.9 Å². The third-order valence-electron chi connectivity index (χ3n) is 2.17. The minimum atomic E-state index is -0.161. The van der Waals surface area contributed by atoms with Crippen LogP contribution < -0.4 is 5.32 Å². The molecule has 0 unspecified atom stereocenters. The van der Waals surface area contributed by atoms with Gasteiger partial charge < -0.3 is 5.32 Å². The van der Waals surface area contributed by atoms with E-state index in [1.54, 1.807) is 17.1 Å². The number of aromatic nitrogens is 3. The molecule has 0 bridgehead atoms. The molecule has 5 nitrogen and oxygen atoms in total. The number of amides is 1. The van der Waals surface area contributed by atoms with Crippen molar-refractivity contribution in [2.24, 2.45) is 5.92 Å². The molecule has 90 valence electrons. The van der Waals surface area contributed by atoms with Crippen molar-refractivity contribution in [1.29, 1.82) is 0 Å². The van der Waals surface area contributed by atoms with E-state index in [4.69, 9.17) is 0 Å². The predicted molar refractivity (Wildman–Crippen MR) is 69.8 cm³/mol. The number of anilines is 1. The first kappa shape index (κ1) is 12.3. The maximum Gasteiger partial charge on any atom is 0.230 e. The standard InChI is InChI=1S/C10H11BrN4OS/c1-7(5-15-6-8(11)4-13-15)9(16)14-10-12-2-3-17-10/h2-4,6-7H,5H2,1H3,(H,12,14,16)/t7-/m1/s1. The molecule has 1 amide bonds. The fraction of sp³-hybridized carbons (Fsp3) is 0.300. The predicted octanol–water partition coefficient (Wildman–Crippen LogP) is 2.38. The van der Waals surface area contributed by atoms with Gasteiger partial charge in [0.2, 0.25) is 5.91 Å². The van der Waals surface area contributed by atoms with Crippen LogP contribution in [0.15, 0.2) is 28.4 Å². The van der Waals surface area contributed by atoms with Crippen molar-refractivity contribution in [3.63, 3.8) is 0 Å². The monoisotopic (exact) mass is 314 g/mol. The Bertz CT molecular complexity index is 496. The Balaban J connectivity index is 1.91. The van der Waals surface area contributed by atoms with E-state index in [0.717, 1.165) is 4.47 Å².